The van der Waals surface area contributed by atoms with Gasteiger partial charge in [-0.05, 0) is 26.8 Å². The van der Waals surface area contributed by atoms with Crippen LogP contribution < -0.4 is 10.6 Å². The maximum absolute atomic E-state index is 11.2. The van der Waals surface area contributed by atoms with Crippen LogP contribution in [0.4, 0.5) is 9.59 Å². The average molecular weight is 210 g/mol. The number of aliphatic imine (C=N–C) groups is 1. The highest BCUT2D eigenvalue weighted by atomic mass is 16.6. The number of carbonyl (C=O) groups excluding carboxylic acids is 2. The molecule has 1 heterocycles. The molecule has 1 aliphatic rings. The van der Waals surface area contributed by atoms with Gasteiger partial charge in [-0.15, -0.1) is 0 Å². The first kappa shape index (κ1) is 11.2. The molecular formula is C9H12N3O3. The second kappa shape index (κ2) is 4.12. The van der Waals surface area contributed by atoms with Gasteiger partial charge in [-0.1, -0.05) is 0 Å². The fourth-order valence-electron chi connectivity index (χ4n) is 0.819. The zero-order valence-corrected chi connectivity index (χ0v) is 8.77. The number of rotatable bonds is 0. The molecule has 0 fully saturated rings. The Balaban J connectivity index is 2.52. The quantitative estimate of drug-likeness (QED) is 0.651. The molecule has 1 rings (SSSR count). The molecule has 1 aliphatic heterocycles. The molecule has 6 heteroatoms. The van der Waals surface area contributed by atoms with Gasteiger partial charge in [0.2, 0.25) is 0 Å². The number of hydrogen-bond donors (Lipinski definition) is 1. The molecule has 0 unspecified atom stereocenters. The van der Waals surface area contributed by atoms with Crippen LogP contribution in [0.25, 0.3) is 0 Å². The van der Waals surface area contributed by atoms with Crippen LogP contribution in [0.3, 0.4) is 0 Å². The van der Waals surface area contributed by atoms with Crippen molar-refractivity contribution in [2.75, 3.05) is 0 Å². The van der Waals surface area contributed by atoms with Crippen molar-refractivity contribution in [1.29, 1.82) is 0 Å². The fraction of sp³-hybridized carbons (Fsp3) is 0.444. The first-order chi connectivity index (χ1) is 6.87. The molecule has 1 N–H and O–H groups in total. The smallest absolute Gasteiger partial charge is 0.413 e. The summed E-state index contributed by atoms with van der Waals surface area (Å²) in [6.45, 7) is 5.22. The molecule has 0 atom stereocenters. The number of nitrogens with one attached hydrogen (secondary N) is 1. The largest absolute Gasteiger partial charge is 0.444 e. The number of nitrogens with zero attached hydrogens (tertiary/aromatic N) is 2. The molecular weight excluding hydrogens is 198 g/mol. The Morgan fingerprint density at radius 2 is 2.13 bits per heavy atom. The minimum atomic E-state index is -0.652. The Hall–Kier alpha value is -1.85. The van der Waals surface area contributed by atoms with Crippen molar-refractivity contribution in [3.8, 4) is 0 Å². The third-order valence-corrected chi connectivity index (χ3v) is 1.26. The first-order valence-corrected chi connectivity index (χ1v) is 4.37. The van der Waals surface area contributed by atoms with Crippen molar-refractivity contribution < 1.29 is 14.3 Å². The third kappa shape index (κ3) is 4.26. The Morgan fingerprint density at radius 3 is 2.67 bits per heavy atom. The number of carbonyl (C=O) groups is 2. The van der Waals surface area contributed by atoms with E-state index in [0.29, 0.717) is 0 Å². The molecule has 81 valence electrons. The van der Waals surface area contributed by atoms with Crippen LogP contribution in [-0.2, 0) is 4.74 Å². The van der Waals surface area contributed by atoms with Crippen molar-refractivity contribution >= 4 is 18.0 Å². The monoisotopic (exact) mass is 210 g/mol. The molecule has 0 spiro atoms. The van der Waals surface area contributed by atoms with Gasteiger partial charge in [0.25, 0.3) is 0 Å². The summed E-state index contributed by atoms with van der Waals surface area (Å²) in [5, 5.41) is 5.69. The Kier molecular flexibility index (Phi) is 3.08. The van der Waals surface area contributed by atoms with Gasteiger partial charge in [-0.25, -0.2) is 9.59 Å². The van der Waals surface area contributed by atoms with E-state index < -0.39 is 17.7 Å². The van der Waals surface area contributed by atoms with Gasteiger partial charge in [0.15, 0.2) is 0 Å². The van der Waals surface area contributed by atoms with Gasteiger partial charge in [0.1, 0.15) is 11.4 Å². The van der Waals surface area contributed by atoms with Gasteiger partial charge in [0, 0.05) is 6.20 Å². The molecule has 15 heavy (non-hydrogen) atoms. The van der Waals surface area contributed by atoms with E-state index in [-0.39, 0.29) is 5.84 Å². The van der Waals surface area contributed by atoms with Crippen molar-refractivity contribution in [3.05, 3.63) is 12.3 Å². The van der Waals surface area contributed by atoms with Gasteiger partial charge in [0.05, 0.1) is 0 Å². The molecule has 0 saturated carbocycles. The van der Waals surface area contributed by atoms with Crippen LogP contribution >= 0.6 is 0 Å². The second-order valence-electron chi connectivity index (χ2n) is 3.85. The molecule has 0 aliphatic carbocycles. The maximum atomic E-state index is 11.2. The van der Waals surface area contributed by atoms with Crippen LogP contribution in [-0.4, -0.2) is 23.6 Å². The van der Waals surface area contributed by atoms with Crippen LogP contribution in [0.2, 0.25) is 0 Å². The normalized spacial score (nSPS) is 15.4. The summed E-state index contributed by atoms with van der Waals surface area (Å²) in [5.74, 6) is 0.129. The summed E-state index contributed by atoms with van der Waals surface area (Å²) in [5.41, 5.74) is -0.586. The Labute approximate surface area is 87.4 Å². The van der Waals surface area contributed by atoms with E-state index >= 15 is 0 Å². The molecule has 1 radical (unpaired) electrons. The summed E-state index contributed by atoms with van der Waals surface area (Å²) < 4.78 is 4.97. The number of amides is 3. The molecule has 0 aromatic carbocycles. The molecule has 0 saturated heterocycles. The molecule has 0 bridgehead atoms. The van der Waals surface area contributed by atoms with E-state index in [1.54, 1.807) is 20.8 Å². The number of amidine groups is 1. The molecule has 3 amide bonds. The number of ether oxygens (including phenoxy) is 1. The standard InChI is InChI=1S/C9H12N3O3/c1-9(2,3)15-8(14)12-6-4-5-10-7(13)11-6/h4-5H,1-3H3,(H,11,12,13,14). The van der Waals surface area contributed by atoms with Crippen molar-refractivity contribution in [1.82, 2.24) is 10.6 Å². The van der Waals surface area contributed by atoms with Gasteiger partial charge in [-0.3, -0.25) is 5.32 Å². The molecule has 6 nitrogen and oxygen atoms in total. The van der Waals surface area contributed by atoms with E-state index in [1.807, 2.05) is 0 Å². The van der Waals surface area contributed by atoms with Crippen LogP contribution in [0.1, 0.15) is 20.8 Å². The topological polar surface area (TPSA) is 81.9 Å². The van der Waals surface area contributed by atoms with Gasteiger partial charge >= 0.3 is 12.1 Å². The number of hydrogen-bond acceptors (Lipinski definition) is 3. The van der Waals surface area contributed by atoms with Gasteiger partial charge in [-0.2, -0.15) is 10.3 Å². The molecule has 0 aromatic rings. The predicted octanol–water partition coefficient (Wildman–Crippen LogP) is 1.16. The number of alkyl carbamates (subject to hydrolysis) is 1. The minimum absolute atomic E-state index is 0.129. The number of urea groups is 1. The molecule has 0 aromatic heterocycles. The third-order valence-electron chi connectivity index (χ3n) is 1.26. The summed E-state index contributed by atoms with van der Waals surface area (Å²) >= 11 is 0. The highest BCUT2D eigenvalue weighted by Gasteiger charge is 2.17. The minimum Gasteiger partial charge on any atom is -0.444 e. The lowest BCUT2D eigenvalue weighted by atomic mass is 10.2. The highest BCUT2D eigenvalue weighted by Crippen LogP contribution is 2.06. The van der Waals surface area contributed by atoms with E-state index in [2.05, 4.69) is 15.6 Å². The van der Waals surface area contributed by atoms with E-state index in [1.165, 1.54) is 12.3 Å². The SMILES string of the molecule is CC(C)(C)OC(=O)NC1=NC(=O)[N]C=C1. The Bertz CT molecular complexity index is 339. The second-order valence-corrected chi connectivity index (χ2v) is 3.85. The van der Waals surface area contributed by atoms with Crippen molar-refractivity contribution in [2.45, 2.75) is 26.4 Å². The summed E-state index contributed by atoms with van der Waals surface area (Å²) in [7, 11) is 0. The van der Waals surface area contributed by atoms with E-state index in [9.17, 15) is 9.59 Å². The van der Waals surface area contributed by atoms with Gasteiger partial charge < -0.3 is 4.74 Å². The maximum Gasteiger partial charge on any atom is 0.413 e. The first-order valence-electron chi connectivity index (χ1n) is 4.37. The lowest BCUT2D eigenvalue weighted by Crippen LogP contribution is -2.37. The average Bonchev–Trinajstić information content (AvgIpc) is 1.99. The highest BCUT2D eigenvalue weighted by molar-refractivity contribution is 6.08. The van der Waals surface area contributed by atoms with Crippen LogP contribution in [0.5, 0.6) is 0 Å². The van der Waals surface area contributed by atoms with Crippen LogP contribution in [0, 0.1) is 0 Å². The fourth-order valence-corrected chi connectivity index (χ4v) is 0.819. The summed E-state index contributed by atoms with van der Waals surface area (Å²) in [6.07, 6.45) is 2.02. The predicted molar refractivity (Wildman–Crippen MR) is 53.5 cm³/mol. The van der Waals surface area contributed by atoms with E-state index in [4.69, 9.17) is 4.74 Å². The van der Waals surface area contributed by atoms with E-state index in [0.717, 1.165) is 0 Å². The van der Waals surface area contributed by atoms with Crippen LogP contribution in [0.15, 0.2) is 17.3 Å². The van der Waals surface area contributed by atoms with Crippen molar-refractivity contribution in [2.24, 2.45) is 4.99 Å². The zero-order valence-electron chi connectivity index (χ0n) is 8.77. The Morgan fingerprint density at radius 1 is 1.47 bits per heavy atom. The zero-order chi connectivity index (χ0) is 11.5. The summed E-state index contributed by atoms with van der Waals surface area (Å²) in [4.78, 5) is 25.5. The lowest BCUT2D eigenvalue weighted by Gasteiger charge is -2.19. The van der Waals surface area contributed by atoms with Crippen molar-refractivity contribution in [3.63, 3.8) is 0 Å². The lowest BCUT2D eigenvalue weighted by molar-refractivity contribution is 0.0563. The summed E-state index contributed by atoms with van der Waals surface area (Å²) in [6, 6.07) is -0.649.